The van der Waals surface area contributed by atoms with Crippen molar-refractivity contribution >= 4 is 11.5 Å². The zero-order valence-corrected chi connectivity index (χ0v) is 14.7. The number of para-hydroxylation sites is 1. The van der Waals surface area contributed by atoms with Gasteiger partial charge in [0.25, 0.3) is 5.95 Å². The van der Waals surface area contributed by atoms with Gasteiger partial charge >= 0.3 is 0 Å². The molecular formula is C19H11N9O. The molecule has 10 nitrogen and oxygen atoms in total. The second kappa shape index (κ2) is 7.42. The van der Waals surface area contributed by atoms with Crippen molar-refractivity contribution in [3.05, 3.63) is 72.3 Å². The van der Waals surface area contributed by atoms with Gasteiger partial charge in [-0.3, -0.25) is 4.57 Å². The summed E-state index contributed by atoms with van der Waals surface area (Å²) in [5.74, 6) is 0.0287. The van der Waals surface area contributed by atoms with Crippen LogP contribution in [0, 0.1) is 22.7 Å². The average molecular weight is 381 g/mol. The SMILES string of the molecule is N#Cc1cn(-c2ccccc2)c(O)c1N=Nc1c(C#N)cnn1-c1ncccn1. The highest BCUT2D eigenvalue weighted by molar-refractivity contribution is 5.63. The minimum atomic E-state index is -0.253. The molecule has 3 aromatic heterocycles. The molecule has 0 amide bonds. The first-order chi connectivity index (χ1) is 14.2. The Labute approximate surface area is 164 Å². The fourth-order valence-electron chi connectivity index (χ4n) is 2.61. The molecular weight excluding hydrogens is 370 g/mol. The number of aromatic nitrogens is 5. The van der Waals surface area contributed by atoms with Gasteiger partial charge in [0.15, 0.2) is 11.5 Å². The molecule has 1 aromatic carbocycles. The molecule has 0 saturated heterocycles. The van der Waals surface area contributed by atoms with E-state index in [1.54, 1.807) is 30.3 Å². The fraction of sp³-hybridized carbons (Fsp3) is 0. The molecule has 0 saturated carbocycles. The third kappa shape index (κ3) is 3.18. The van der Waals surface area contributed by atoms with Gasteiger partial charge in [0.1, 0.15) is 23.3 Å². The number of azo groups is 1. The second-order valence-corrected chi connectivity index (χ2v) is 5.69. The Kier molecular flexibility index (Phi) is 4.50. The quantitative estimate of drug-likeness (QED) is 0.537. The molecule has 4 aromatic rings. The van der Waals surface area contributed by atoms with E-state index in [2.05, 4.69) is 25.3 Å². The van der Waals surface area contributed by atoms with E-state index in [0.717, 1.165) is 0 Å². The summed E-state index contributed by atoms with van der Waals surface area (Å²) < 4.78 is 2.68. The van der Waals surface area contributed by atoms with Gasteiger partial charge in [0.2, 0.25) is 5.88 Å². The summed E-state index contributed by atoms with van der Waals surface area (Å²) in [6.07, 6.45) is 5.82. The molecule has 3 heterocycles. The number of hydrogen-bond donors (Lipinski definition) is 1. The molecule has 0 radical (unpaired) electrons. The molecule has 1 N–H and O–H groups in total. The van der Waals surface area contributed by atoms with Crippen LogP contribution < -0.4 is 0 Å². The average Bonchev–Trinajstić information content (AvgIpc) is 3.33. The normalized spacial score (nSPS) is 10.7. The van der Waals surface area contributed by atoms with Gasteiger partial charge in [0, 0.05) is 24.3 Å². The predicted molar refractivity (Wildman–Crippen MR) is 100 cm³/mol. The first kappa shape index (κ1) is 17.6. The molecule has 0 bridgehead atoms. The number of nitrogens with zero attached hydrogens (tertiary/aromatic N) is 9. The number of aromatic hydroxyl groups is 1. The highest BCUT2D eigenvalue weighted by Crippen LogP contribution is 2.36. The monoisotopic (exact) mass is 381 g/mol. The molecule has 10 heteroatoms. The smallest absolute Gasteiger partial charge is 0.252 e. The van der Waals surface area contributed by atoms with E-state index >= 15 is 0 Å². The Morgan fingerprint density at radius 3 is 2.34 bits per heavy atom. The molecule has 0 unspecified atom stereocenters. The van der Waals surface area contributed by atoms with Crippen LogP contribution in [-0.4, -0.2) is 29.4 Å². The lowest BCUT2D eigenvalue weighted by Crippen LogP contribution is -2.01. The van der Waals surface area contributed by atoms with Crippen LogP contribution in [0.1, 0.15) is 11.1 Å². The number of nitriles is 2. The maximum Gasteiger partial charge on any atom is 0.252 e. The summed E-state index contributed by atoms with van der Waals surface area (Å²) in [5, 5.41) is 41.5. The van der Waals surface area contributed by atoms with E-state index in [-0.39, 0.29) is 34.5 Å². The van der Waals surface area contributed by atoms with Crippen LogP contribution >= 0.6 is 0 Å². The van der Waals surface area contributed by atoms with Crippen LogP contribution in [0.25, 0.3) is 11.6 Å². The number of hydrogen-bond acceptors (Lipinski definition) is 8. The minimum Gasteiger partial charge on any atom is -0.493 e. The first-order valence-electron chi connectivity index (χ1n) is 8.30. The van der Waals surface area contributed by atoms with Crippen molar-refractivity contribution in [2.45, 2.75) is 0 Å². The Morgan fingerprint density at radius 2 is 1.66 bits per heavy atom. The van der Waals surface area contributed by atoms with Crippen molar-refractivity contribution < 1.29 is 5.11 Å². The van der Waals surface area contributed by atoms with Crippen LogP contribution in [0.3, 0.4) is 0 Å². The molecule has 29 heavy (non-hydrogen) atoms. The van der Waals surface area contributed by atoms with E-state index < -0.39 is 0 Å². The first-order valence-corrected chi connectivity index (χ1v) is 8.30. The van der Waals surface area contributed by atoms with Crippen molar-refractivity contribution in [3.63, 3.8) is 0 Å². The van der Waals surface area contributed by atoms with Gasteiger partial charge in [-0.15, -0.1) is 10.2 Å². The Hall–Kier alpha value is -4.83. The zero-order chi connectivity index (χ0) is 20.2. The Morgan fingerprint density at radius 1 is 0.931 bits per heavy atom. The minimum absolute atomic E-state index is 0.0260. The highest BCUT2D eigenvalue weighted by atomic mass is 16.3. The third-order valence-corrected chi connectivity index (χ3v) is 3.96. The highest BCUT2D eigenvalue weighted by Gasteiger charge is 2.18. The van der Waals surface area contributed by atoms with Crippen molar-refractivity contribution in [3.8, 4) is 29.7 Å². The molecule has 0 aliphatic heterocycles. The van der Waals surface area contributed by atoms with Crippen LogP contribution in [-0.2, 0) is 0 Å². The Bertz CT molecular complexity index is 1280. The van der Waals surface area contributed by atoms with Gasteiger partial charge in [-0.2, -0.15) is 20.3 Å². The van der Waals surface area contributed by atoms with Crippen LogP contribution in [0.15, 0.2) is 71.4 Å². The van der Waals surface area contributed by atoms with E-state index in [1.165, 1.54) is 34.0 Å². The van der Waals surface area contributed by atoms with E-state index in [9.17, 15) is 15.6 Å². The van der Waals surface area contributed by atoms with Crippen molar-refractivity contribution in [1.29, 1.82) is 10.5 Å². The van der Waals surface area contributed by atoms with E-state index in [0.29, 0.717) is 5.69 Å². The summed E-state index contributed by atoms with van der Waals surface area (Å²) in [4.78, 5) is 8.16. The maximum atomic E-state index is 10.6. The molecule has 0 atom stereocenters. The van der Waals surface area contributed by atoms with Gasteiger partial charge in [0.05, 0.1) is 6.20 Å². The van der Waals surface area contributed by atoms with Crippen molar-refractivity contribution in [1.82, 2.24) is 24.3 Å². The standard InChI is InChI=1S/C19H11N9O/c20-9-13-11-24-28(19-22-7-4-8-23-19)17(13)26-25-16-14(10-21)12-27(18(16)29)15-5-2-1-3-6-15/h1-8,11-12,29H. The van der Waals surface area contributed by atoms with Gasteiger partial charge in [-0.25, -0.2) is 9.97 Å². The van der Waals surface area contributed by atoms with Gasteiger partial charge in [-0.1, -0.05) is 18.2 Å². The molecule has 0 aliphatic rings. The van der Waals surface area contributed by atoms with Gasteiger partial charge < -0.3 is 5.11 Å². The predicted octanol–water partition coefficient (Wildman–Crippen LogP) is 3.32. The summed E-state index contributed by atoms with van der Waals surface area (Å²) in [6.45, 7) is 0. The lowest BCUT2D eigenvalue weighted by atomic mass is 10.3. The van der Waals surface area contributed by atoms with Crippen LogP contribution in [0.5, 0.6) is 5.88 Å². The van der Waals surface area contributed by atoms with E-state index in [1.807, 2.05) is 18.2 Å². The third-order valence-electron chi connectivity index (χ3n) is 3.96. The summed E-state index contributed by atoms with van der Waals surface area (Å²) >= 11 is 0. The topological polar surface area (TPSA) is 141 Å². The number of benzene rings is 1. The Balaban J connectivity index is 1.80. The second-order valence-electron chi connectivity index (χ2n) is 5.69. The summed E-state index contributed by atoms with van der Waals surface area (Å²) in [5.41, 5.74) is 0.891. The molecule has 0 fully saturated rings. The van der Waals surface area contributed by atoms with Crippen molar-refractivity contribution in [2.75, 3.05) is 0 Å². The molecule has 0 aliphatic carbocycles. The van der Waals surface area contributed by atoms with Crippen LogP contribution in [0.4, 0.5) is 11.5 Å². The van der Waals surface area contributed by atoms with Crippen LogP contribution in [0.2, 0.25) is 0 Å². The largest absolute Gasteiger partial charge is 0.493 e. The van der Waals surface area contributed by atoms with Crippen molar-refractivity contribution in [2.24, 2.45) is 10.2 Å². The zero-order valence-electron chi connectivity index (χ0n) is 14.7. The maximum absolute atomic E-state index is 10.6. The lowest BCUT2D eigenvalue weighted by molar-refractivity contribution is 0.444. The lowest BCUT2D eigenvalue weighted by Gasteiger charge is -2.03. The summed E-state index contributed by atoms with van der Waals surface area (Å²) in [6, 6.07) is 14.6. The molecule has 4 rings (SSSR count). The summed E-state index contributed by atoms with van der Waals surface area (Å²) in [7, 11) is 0. The fourth-order valence-corrected chi connectivity index (χ4v) is 2.61. The van der Waals surface area contributed by atoms with Gasteiger partial charge in [-0.05, 0) is 18.2 Å². The number of rotatable bonds is 4. The molecule has 0 spiro atoms. The molecule has 138 valence electrons. The van der Waals surface area contributed by atoms with E-state index in [4.69, 9.17) is 0 Å².